The van der Waals surface area contributed by atoms with E-state index < -0.39 is 0 Å². The molecule has 0 aromatic carbocycles. The first-order chi connectivity index (χ1) is 4.75. The van der Waals surface area contributed by atoms with Gasteiger partial charge in [0, 0.05) is 19.5 Å². The molecule has 2 N–H and O–H groups in total. The van der Waals surface area contributed by atoms with Crippen molar-refractivity contribution in [2.45, 2.75) is 19.6 Å². The van der Waals surface area contributed by atoms with Crippen molar-refractivity contribution in [2.75, 3.05) is 13.1 Å². The number of thiocarbonyl (C=S) groups is 1. The molecular weight excluding hydrogens is 148 g/mol. The average molecular weight is 160 g/mol. The Morgan fingerprint density at radius 1 is 1.90 bits per heavy atom. The van der Waals surface area contributed by atoms with Gasteiger partial charge in [0.1, 0.15) is 6.23 Å². The summed E-state index contributed by atoms with van der Waals surface area (Å²) in [4.78, 5) is 1.78. The van der Waals surface area contributed by atoms with Gasteiger partial charge in [-0.1, -0.05) is 0 Å². The van der Waals surface area contributed by atoms with Crippen molar-refractivity contribution in [1.82, 2.24) is 10.2 Å². The summed E-state index contributed by atoms with van der Waals surface area (Å²) in [6.45, 7) is 3.53. The molecule has 0 aromatic rings. The van der Waals surface area contributed by atoms with E-state index >= 15 is 0 Å². The first kappa shape index (κ1) is 7.75. The van der Waals surface area contributed by atoms with Crippen molar-refractivity contribution < 1.29 is 5.11 Å². The van der Waals surface area contributed by atoms with Crippen LogP contribution in [0.15, 0.2) is 0 Å². The van der Waals surface area contributed by atoms with E-state index in [0.29, 0.717) is 5.11 Å². The standard InChI is InChI=1S/C6H12N2OS/c1-2-8-5(9)3-4-7-6(8)10/h5,9H,2-4H2,1H3,(H,7,10). The van der Waals surface area contributed by atoms with Crippen LogP contribution in [0.2, 0.25) is 0 Å². The molecule has 1 atom stereocenters. The highest BCUT2D eigenvalue weighted by molar-refractivity contribution is 7.80. The van der Waals surface area contributed by atoms with Gasteiger partial charge >= 0.3 is 0 Å². The number of rotatable bonds is 1. The number of nitrogens with zero attached hydrogens (tertiary/aromatic N) is 1. The Balaban J connectivity index is 2.53. The fourth-order valence-corrected chi connectivity index (χ4v) is 1.41. The smallest absolute Gasteiger partial charge is 0.170 e. The Labute approximate surface area is 66.0 Å². The van der Waals surface area contributed by atoms with Crippen LogP contribution in [-0.4, -0.2) is 34.4 Å². The fourth-order valence-electron chi connectivity index (χ4n) is 1.06. The molecule has 0 spiro atoms. The molecule has 1 fully saturated rings. The van der Waals surface area contributed by atoms with Gasteiger partial charge in [-0.2, -0.15) is 0 Å². The zero-order valence-electron chi connectivity index (χ0n) is 6.00. The Morgan fingerprint density at radius 2 is 2.60 bits per heavy atom. The molecular formula is C6H12N2OS. The lowest BCUT2D eigenvalue weighted by atomic mass is 10.3. The van der Waals surface area contributed by atoms with Crippen LogP contribution in [0.1, 0.15) is 13.3 Å². The summed E-state index contributed by atoms with van der Waals surface area (Å²) in [7, 11) is 0. The SMILES string of the molecule is CCN1C(=S)NCCC1O. The van der Waals surface area contributed by atoms with E-state index in [1.807, 2.05) is 6.92 Å². The van der Waals surface area contributed by atoms with Crippen molar-refractivity contribution in [3.63, 3.8) is 0 Å². The van der Waals surface area contributed by atoms with Crippen LogP contribution >= 0.6 is 12.2 Å². The molecule has 0 aromatic heterocycles. The van der Waals surface area contributed by atoms with Crippen LogP contribution < -0.4 is 5.32 Å². The predicted molar refractivity (Wildman–Crippen MR) is 43.6 cm³/mol. The number of hydrogen-bond acceptors (Lipinski definition) is 2. The molecule has 0 bridgehead atoms. The first-order valence-corrected chi connectivity index (χ1v) is 3.89. The lowest BCUT2D eigenvalue weighted by Gasteiger charge is -2.33. The third-order valence-electron chi connectivity index (χ3n) is 1.64. The normalized spacial score (nSPS) is 26.4. The molecule has 58 valence electrons. The van der Waals surface area contributed by atoms with Gasteiger partial charge in [0.15, 0.2) is 5.11 Å². The molecule has 0 amide bonds. The van der Waals surface area contributed by atoms with Gasteiger partial charge in [-0.25, -0.2) is 0 Å². The second-order valence-corrected chi connectivity index (χ2v) is 2.67. The molecule has 0 saturated carbocycles. The van der Waals surface area contributed by atoms with E-state index in [9.17, 15) is 5.11 Å². The zero-order chi connectivity index (χ0) is 7.56. The van der Waals surface area contributed by atoms with Gasteiger partial charge in [0.25, 0.3) is 0 Å². The van der Waals surface area contributed by atoms with Gasteiger partial charge in [-0.3, -0.25) is 0 Å². The molecule has 4 heteroatoms. The maximum Gasteiger partial charge on any atom is 0.170 e. The van der Waals surface area contributed by atoms with Crippen molar-refractivity contribution >= 4 is 17.3 Å². The summed E-state index contributed by atoms with van der Waals surface area (Å²) in [6, 6.07) is 0. The van der Waals surface area contributed by atoms with Crippen LogP contribution in [0.5, 0.6) is 0 Å². The second kappa shape index (κ2) is 3.16. The second-order valence-electron chi connectivity index (χ2n) is 2.29. The average Bonchev–Trinajstić information content (AvgIpc) is 1.88. The van der Waals surface area contributed by atoms with Crippen LogP contribution in [0.4, 0.5) is 0 Å². The Morgan fingerprint density at radius 3 is 3.00 bits per heavy atom. The Kier molecular flexibility index (Phi) is 2.45. The lowest BCUT2D eigenvalue weighted by Crippen LogP contribution is -2.51. The minimum absolute atomic E-state index is 0.376. The number of aliphatic hydroxyl groups is 1. The molecule has 1 unspecified atom stereocenters. The monoisotopic (exact) mass is 160 g/mol. The van der Waals surface area contributed by atoms with Gasteiger partial charge in [0.05, 0.1) is 0 Å². The van der Waals surface area contributed by atoms with E-state index in [0.717, 1.165) is 19.5 Å². The number of nitrogens with one attached hydrogen (secondary N) is 1. The molecule has 1 aliphatic rings. The quantitative estimate of drug-likeness (QED) is 0.525. The van der Waals surface area contributed by atoms with Crippen LogP contribution in [0.3, 0.4) is 0 Å². The minimum Gasteiger partial charge on any atom is -0.373 e. The molecule has 1 rings (SSSR count). The highest BCUT2D eigenvalue weighted by atomic mass is 32.1. The van der Waals surface area contributed by atoms with Gasteiger partial charge < -0.3 is 15.3 Å². The van der Waals surface area contributed by atoms with Crippen LogP contribution in [0, 0.1) is 0 Å². The van der Waals surface area contributed by atoms with E-state index in [2.05, 4.69) is 5.32 Å². The van der Waals surface area contributed by atoms with E-state index in [4.69, 9.17) is 12.2 Å². The topological polar surface area (TPSA) is 35.5 Å². The molecule has 3 nitrogen and oxygen atoms in total. The van der Waals surface area contributed by atoms with Crippen molar-refractivity contribution in [2.24, 2.45) is 0 Å². The minimum atomic E-state index is -0.376. The van der Waals surface area contributed by atoms with Crippen molar-refractivity contribution in [1.29, 1.82) is 0 Å². The molecule has 1 aliphatic heterocycles. The maximum absolute atomic E-state index is 9.34. The summed E-state index contributed by atoms with van der Waals surface area (Å²) in [5.74, 6) is 0. The molecule has 1 saturated heterocycles. The summed E-state index contributed by atoms with van der Waals surface area (Å²) < 4.78 is 0. The summed E-state index contributed by atoms with van der Waals surface area (Å²) in [6.07, 6.45) is 0.382. The van der Waals surface area contributed by atoms with E-state index in [1.165, 1.54) is 0 Å². The third-order valence-corrected chi connectivity index (χ3v) is 2.02. The van der Waals surface area contributed by atoms with E-state index in [1.54, 1.807) is 4.90 Å². The lowest BCUT2D eigenvalue weighted by molar-refractivity contribution is 0.0392. The first-order valence-electron chi connectivity index (χ1n) is 3.48. The highest BCUT2D eigenvalue weighted by Gasteiger charge is 2.20. The maximum atomic E-state index is 9.34. The third kappa shape index (κ3) is 1.38. The Bertz CT molecular complexity index is 140. The molecule has 1 heterocycles. The molecule has 0 aliphatic carbocycles. The number of aliphatic hydroxyl groups excluding tert-OH is 1. The predicted octanol–water partition coefficient (Wildman–Crippen LogP) is -0.0951. The fraction of sp³-hybridized carbons (Fsp3) is 0.833. The van der Waals surface area contributed by atoms with Crippen molar-refractivity contribution in [3.8, 4) is 0 Å². The summed E-state index contributed by atoms with van der Waals surface area (Å²) in [5, 5.41) is 13.0. The summed E-state index contributed by atoms with van der Waals surface area (Å²) in [5.41, 5.74) is 0. The largest absolute Gasteiger partial charge is 0.373 e. The van der Waals surface area contributed by atoms with Gasteiger partial charge in [-0.15, -0.1) is 0 Å². The van der Waals surface area contributed by atoms with Gasteiger partial charge in [-0.05, 0) is 19.1 Å². The van der Waals surface area contributed by atoms with Gasteiger partial charge in [0.2, 0.25) is 0 Å². The van der Waals surface area contributed by atoms with Crippen LogP contribution in [-0.2, 0) is 0 Å². The Hall–Kier alpha value is -0.350. The number of hydrogen-bond donors (Lipinski definition) is 2. The van der Waals surface area contributed by atoms with E-state index in [-0.39, 0.29) is 6.23 Å². The molecule has 10 heavy (non-hydrogen) atoms. The summed E-state index contributed by atoms with van der Waals surface area (Å²) >= 11 is 4.96. The zero-order valence-corrected chi connectivity index (χ0v) is 6.82. The van der Waals surface area contributed by atoms with Crippen LogP contribution in [0.25, 0.3) is 0 Å². The molecule has 0 radical (unpaired) electrons. The highest BCUT2D eigenvalue weighted by Crippen LogP contribution is 2.05. The van der Waals surface area contributed by atoms with Crippen molar-refractivity contribution in [3.05, 3.63) is 0 Å².